The maximum Gasteiger partial charge on any atom is 0.0718 e. The Morgan fingerprint density at radius 3 is 2.55 bits per heavy atom. The minimum Gasteiger partial charge on any atom is -0.389 e. The van der Waals surface area contributed by atoms with Gasteiger partial charge in [-0.3, -0.25) is 4.90 Å². The van der Waals surface area contributed by atoms with Crippen molar-refractivity contribution in [2.24, 2.45) is 0 Å². The molecule has 0 aromatic carbocycles. The molecular weight excluding hydrogens is 256 g/mol. The van der Waals surface area contributed by atoms with Crippen LogP contribution in [-0.4, -0.2) is 85.7 Å². The SMILES string of the molecule is COCCN1CCOCC12CCN(CC(C)(C)O)CC2. The molecule has 0 aromatic heterocycles. The number of methoxy groups -OCH3 is 1. The number of hydrogen-bond acceptors (Lipinski definition) is 5. The highest BCUT2D eigenvalue weighted by Gasteiger charge is 2.42. The molecule has 2 saturated heterocycles. The normalized spacial score (nSPS) is 25.2. The van der Waals surface area contributed by atoms with Crippen molar-refractivity contribution in [2.45, 2.75) is 37.8 Å². The Morgan fingerprint density at radius 1 is 1.25 bits per heavy atom. The largest absolute Gasteiger partial charge is 0.389 e. The molecule has 0 radical (unpaired) electrons. The van der Waals surface area contributed by atoms with E-state index in [0.29, 0.717) is 0 Å². The van der Waals surface area contributed by atoms with Gasteiger partial charge in [-0.25, -0.2) is 0 Å². The second-order valence-corrected chi connectivity index (χ2v) is 6.85. The Labute approximate surface area is 122 Å². The first-order valence-electron chi connectivity index (χ1n) is 7.72. The lowest BCUT2D eigenvalue weighted by molar-refractivity contribution is -0.104. The Kier molecular flexibility index (Phi) is 5.42. The zero-order chi connectivity index (χ0) is 14.6. The third kappa shape index (κ3) is 4.15. The van der Waals surface area contributed by atoms with Crippen LogP contribution in [0.4, 0.5) is 0 Å². The van der Waals surface area contributed by atoms with Crippen LogP contribution in [-0.2, 0) is 9.47 Å². The van der Waals surface area contributed by atoms with Crippen LogP contribution in [0, 0.1) is 0 Å². The van der Waals surface area contributed by atoms with Crippen LogP contribution in [0.1, 0.15) is 26.7 Å². The molecule has 0 unspecified atom stereocenters. The maximum absolute atomic E-state index is 9.95. The molecule has 0 atom stereocenters. The molecule has 0 saturated carbocycles. The Balaban J connectivity index is 1.91. The topological polar surface area (TPSA) is 45.2 Å². The van der Waals surface area contributed by atoms with Crippen LogP contribution in [0.15, 0.2) is 0 Å². The summed E-state index contributed by atoms with van der Waals surface area (Å²) < 4.78 is 11.0. The van der Waals surface area contributed by atoms with Crippen LogP contribution in [0.3, 0.4) is 0 Å². The molecule has 5 nitrogen and oxygen atoms in total. The molecule has 1 N–H and O–H groups in total. The number of rotatable bonds is 5. The van der Waals surface area contributed by atoms with Crippen LogP contribution in [0.5, 0.6) is 0 Å². The summed E-state index contributed by atoms with van der Waals surface area (Å²) in [7, 11) is 1.76. The monoisotopic (exact) mass is 286 g/mol. The average molecular weight is 286 g/mol. The van der Waals surface area contributed by atoms with Gasteiger partial charge in [-0.05, 0) is 26.7 Å². The van der Waals surface area contributed by atoms with E-state index in [4.69, 9.17) is 9.47 Å². The second kappa shape index (κ2) is 6.71. The highest BCUT2D eigenvalue weighted by atomic mass is 16.5. The number of hydrogen-bond donors (Lipinski definition) is 1. The fourth-order valence-corrected chi connectivity index (χ4v) is 3.45. The molecule has 1 spiro atoms. The number of likely N-dealkylation sites (tertiary alicyclic amines) is 1. The minimum atomic E-state index is -0.608. The van der Waals surface area contributed by atoms with E-state index >= 15 is 0 Å². The second-order valence-electron chi connectivity index (χ2n) is 6.85. The predicted molar refractivity (Wildman–Crippen MR) is 79.0 cm³/mol. The fraction of sp³-hybridized carbons (Fsp3) is 1.00. The molecule has 2 fully saturated rings. The number of ether oxygens (including phenoxy) is 2. The van der Waals surface area contributed by atoms with Crippen molar-refractivity contribution in [1.29, 1.82) is 0 Å². The van der Waals surface area contributed by atoms with Crippen LogP contribution >= 0.6 is 0 Å². The minimum absolute atomic E-state index is 0.187. The third-order valence-corrected chi connectivity index (χ3v) is 4.51. The summed E-state index contributed by atoms with van der Waals surface area (Å²) in [6.45, 7) is 11.1. The standard InChI is InChI=1S/C15H30N2O3/c1-14(2,18)12-16-6-4-15(5-7-16)13-20-11-9-17(15)8-10-19-3/h18H,4-13H2,1-3H3. The van der Waals surface area contributed by atoms with Crippen molar-refractivity contribution >= 4 is 0 Å². The molecule has 0 aromatic rings. The van der Waals surface area contributed by atoms with Crippen LogP contribution in [0.2, 0.25) is 0 Å². The van der Waals surface area contributed by atoms with Crippen molar-refractivity contribution in [3.05, 3.63) is 0 Å². The van der Waals surface area contributed by atoms with Gasteiger partial charge in [0.1, 0.15) is 0 Å². The van der Waals surface area contributed by atoms with E-state index in [1.54, 1.807) is 7.11 Å². The van der Waals surface area contributed by atoms with E-state index in [2.05, 4.69) is 9.80 Å². The molecule has 2 heterocycles. The van der Waals surface area contributed by atoms with E-state index in [0.717, 1.165) is 65.4 Å². The molecule has 118 valence electrons. The first-order valence-corrected chi connectivity index (χ1v) is 7.72. The number of piperidine rings is 1. The third-order valence-electron chi connectivity index (χ3n) is 4.51. The van der Waals surface area contributed by atoms with Crippen molar-refractivity contribution < 1.29 is 14.6 Å². The lowest BCUT2D eigenvalue weighted by atomic mass is 9.85. The summed E-state index contributed by atoms with van der Waals surface area (Å²) in [6, 6.07) is 0. The summed E-state index contributed by atoms with van der Waals surface area (Å²) in [6.07, 6.45) is 2.24. The van der Waals surface area contributed by atoms with Gasteiger partial charge in [0.15, 0.2) is 0 Å². The van der Waals surface area contributed by atoms with E-state index in [1.165, 1.54) is 0 Å². The van der Waals surface area contributed by atoms with Gasteiger partial charge in [-0.1, -0.05) is 0 Å². The van der Waals surface area contributed by atoms with E-state index in [-0.39, 0.29) is 5.54 Å². The van der Waals surface area contributed by atoms with Gasteiger partial charge in [-0.15, -0.1) is 0 Å². The molecule has 0 aliphatic carbocycles. The molecule has 2 aliphatic heterocycles. The molecule has 2 rings (SSSR count). The molecule has 0 bridgehead atoms. The van der Waals surface area contributed by atoms with Crippen LogP contribution < -0.4 is 0 Å². The predicted octanol–water partition coefficient (Wildman–Crippen LogP) is 0.571. The van der Waals surface area contributed by atoms with E-state index in [9.17, 15) is 5.11 Å². The zero-order valence-electron chi connectivity index (χ0n) is 13.2. The van der Waals surface area contributed by atoms with Gasteiger partial charge in [0, 0.05) is 45.4 Å². The summed E-state index contributed by atoms with van der Waals surface area (Å²) in [4.78, 5) is 4.93. The molecule has 20 heavy (non-hydrogen) atoms. The Bertz CT molecular complexity index is 296. The van der Waals surface area contributed by atoms with Gasteiger partial charge in [-0.2, -0.15) is 0 Å². The quantitative estimate of drug-likeness (QED) is 0.800. The first-order chi connectivity index (χ1) is 9.45. The summed E-state index contributed by atoms with van der Waals surface area (Å²) in [5, 5.41) is 9.95. The van der Waals surface area contributed by atoms with Gasteiger partial charge in [0.05, 0.1) is 25.4 Å². The number of nitrogens with zero attached hydrogens (tertiary/aromatic N) is 2. The van der Waals surface area contributed by atoms with Crippen molar-refractivity contribution in [1.82, 2.24) is 9.80 Å². The summed E-state index contributed by atoms with van der Waals surface area (Å²) >= 11 is 0. The van der Waals surface area contributed by atoms with Crippen molar-refractivity contribution in [3.63, 3.8) is 0 Å². The van der Waals surface area contributed by atoms with Gasteiger partial charge in [0.2, 0.25) is 0 Å². The molecular formula is C15H30N2O3. The lowest BCUT2D eigenvalue weighted by Crippen LogP contribution is -2.62. The fourth-order valence-electron chi connectivity index (χ4n) is 3.45. The highest BCUT2D eigenvalue weighted by Crippen LogP contribution is 2.32. The number of aliphatic hydroxyl groups is 1. The van der Waals surface area contributed by atoms with E-state index in [1.807, 2.05) is 13.8 Å². The van der Waals surface area contributed by atoms with Crippen LogP contribution in [0.25, 0.3) is 0 Å². The lowest BCUT2D eigenvalue weighted by Gasteiger charge is -2.51. The van der Waals surface area contributed by atoms with E-state index < -0.39 is 5.60 Å². The smallest absolute Gasteiger partial charge is 0.0718 e. The molecule has 2 aliphatic rings. The van der Waals surface area contributed by atoms with Crippen molar-refractivity contribution in [2.75, 3.05) is 59.7 Å². The maximum atomic E-state index is 9.95. The van der Waals surface area contributed by atoms with Crippen molar-refractivity contribution in [3.8, 4) is 0 Å². The first kappa shape index (κ1) is 16.2. The Morgan fingerprint density at radius 2 is 1.95 bits per heavy atom. The summed E-state index contributed by atoms with van der Waals surface area (Å²) in [5.74, 6) is 0. The molecule has 0 amide bonds. The zero-order valence-corrected chi connectivity index (χ0v) is 13.2. The number of β-amino-alcohol motifs (C(OH)–C–C–N with tert-alkyl or cyclic N) is 1. The van der Waals surface area contributed by atoms with Gasteiger partial charge in [0.25, 0.3) is 0 Å². The van der Waals surface area contributed by atoms with Gasteiger partial charge >= 0.3 is 0 Å². The van der Waals surface area contributed by atoms with Gasteiger partial charge < -0.3 is 19.5 Å². The average Bonchev–Trinajstić information content (AvgIpc) is 2.39. The highest BCUT2D eigenvalue weighted by molar-refractivity contribution is 4.97. The number of morpholine rings is 1. The molecule has 5 heteroatoms. The Hall–Kier alpha value is -0.200. The summed E-state index contributed by atoms with van der Waals surface area (Å²) in [5.41, 5.74) is -0.420.